The van der Waals surface area contributed by atoms with Gasteiger partial charge in [-0.3, -0.25) is 0 Å². The van der Waals surface area contributed by atoms with Crippen molar-refractivity contribution in [2.24, 2.45) is 0 Å². The fourth-order valence-corrected chi connectivity index (χ4v) is 2.16. The van der Waals surface area contributed by atoms with Gasteiger partial charge in [-0.1, -0.05) is 0 Å². The van der Waals surface area contributed by atoms with Crippen molar-refractivity contribution in [3.05, 3.63) is 42.0 Å². The normalized spacial score (nSPS) is 10.0. The van der Waals surface area contributed by atoms with E-state index in [0.29, 0.717) is 6.54 Å². The molecule has 118 valence electrons. The van der Waals surface area contributed by atoms with Gasteiger partial charge >= 0.3 is 0 Å². The van der Waals surface area contributed by atoms with Crippen molar-refractivity contribution in [1.82, 2.24) is 0 Å². The van der Waals surface area contributed by atoms with Crippen LogP contribution in [-0.4, -0.2) is 28.4 Å². The number of hydrogen-bond acceptors (Lipinski definition) is 5. The maximum atomic E-state index is 5.38. The Morgan fingerprint density at radius 3 is 2.00 bits per heavy atom. The average molecular weight is 303 g/mol. The Kier molecular flexibility index (Phi) is 5.36. The summed E-state index contributed by atoms with van der Waals surface area (Å²) in [4.78, 5) is 0. The van der Waals surface area contributed by atoms with Crippen molar-refractivity contribution in [2.75, 3.05) is 33.8 Å². The lowest BCUT2D eigenvalue weighted by atomic mass is 10.1. The first-order chi connectivity index (χ1) is 10.7. The van der Waals surface area contributed by atoms with Gasteiger partial charge < -0.3 is 24.3 Å². The highest BCUT2D eigenvalue weighted by Gasteiger charge is 2.08. The molecule has 0 spiro atoms. The Balaban J connectivity index is 2.19. The van der Waals surface area contributed by atoms with E-state index in [0.717, 1.165) is 34.2 Å². The first-order valence-corrected chi connectivity index (χ1v) is 6.88. The molecular weight excluding hydrogens is 282 g/mol. The molecule has 5 nitrogen and oxygen atoms in total. The molecule has 0 saturated heterocycles. The van der Waals surface area contributed by atoms with Crippen LogP contribution in [0.5, 0.6) is 23.0 Å². The maximum absolute atomic E-state index is 5.38. The molecule has 2 aromatic rings. The molecule has 0 unspecified atom stereocenters. The Bertz CT molecular complexity index is 628. The summed E-state index contributed by atoms with van der Waals surface area (Å²) in [5.74, 6) is 3.07. The zero-order valence-electron chi connectivity index (χ0n) is 13.3. The minimum Gasteiger partial charge on any atom is -0.497 e. The molecule has 2 aromatic carbocycles. The third-order valence-electron chi connectivity index (χ3n) is 3.37. The SMILES string of the molecule is COc1ccc(OC)c(CNc2ccc(OC)cc2OC)c1. The number of methoxy groups -OCH3 is 4. The van der Waals surface area contributed by atoms with Crippen LogP contribution >= 0.6 is 0 Å². The van der Waals surface area contributed by atoms with Crippen molar-refractivity contribution in [2.45, 2.75) is 6.54 Å². The first-order valence-electron chi connectivity index (χ1n) is 6.88. The molecule has 0 heterocycles. The van der Waals surface area contributed by atoms with E-state index < -0.39 is 0 Å². The third-order valence-corrected chi connectivity index (χ3v) is 3.37. The highest BCUT2D eigenvalue weighted by molar-refractivity contribution is 5.59. The van der Waals surface area contributed by atoms with Crippen LogP contribution in [0.3, 0.4) is 0 Å². The molecule has 2 rings (SSSR count). The van der Waals surface area contributed by atoms with E-state index in [9.17, 15) is 0 Å². The maximum Gasteiger partial charge on any atom is 0.145 e. The van der Waals surface area contributed by atoms with Crippen LogP contribution in [0.25, 0.3) is 0 Å². The fraction of sp³-hybridized carbons (Fsp3) is 0.294. The average Bonchev–Trinajstić information content (AvgIpc) is 2.59. The number of nitrogens with one attached hydrogen (secondary N) is 1. The van der Waals surface area contributed by atoms with Gasteiger partial charge in [-0.2, -0.15) is 0 Å². The van der Waals surface area contributed by atoms with Crippen molar-refractivity contribution < 1.29 is 18.9 Å². The predicted molar refractivity (Wildman–Crippen MR) is 86.4 cm³/mol. The summed E-state index contributed by atoms with van der Waals surface area (Å²) in [7, 11) is 6.56. The molecule has 0 aliphatic rings. The second-order valence-electron chi connectivity index (χ2n) is 4.60. The van der Waals surface area contributed by atoms with Crippen molar-refractivity contribution in [3.8, 4) is 23.0 Å². The summed E-state index contributed by atoms with van der Waals surface area (Å²) in [6.45, 7) is 0.586. The van der Waals surface area contributed by atoms with Crippen molar-refractivity contribution in [1.29, 1.82) is 0 Å². The van der Waals surface area contributed by atoms with Crippen LogP contribution in [0.1, 0.15) is 5.56 Å². The largest absolute Gasteiger partial charge is 0.497 e. The molecule has 1 N–H and O–H groups in total. The summed E-state index contributed by atoms with van der Waals surface area (Å²) in [5, 5.41) is 3.34. The van der Waals surface area contributed by atoms with E-state index in [1.54, 1.807) is 28.4 Å². The summed E-state index contributed by atoms with van der Waals surface area (Å²) in [5.41, 5.74) is 1.88. The number of benzene rings is 2. The molecule has 0 atom stereocenters. The fourth-order valence-electron chi connectivity index (χ4n) is 2.16. The quantitative estimate of drug-likeness (QED) is 0.850. The van der Waals surface area contributed by atoms with E-state index in [4.69, 9.17) is 18.9 Å². The smallest absolute Gasteiger partial charge is 0.145 e. The lowest BCUT2D eigenvalue weighted by molar-refractivity contribution is 0.395. The van der Waals surface area contributed by atoms with Crippen LogP contribution in [0, 0.1) is 0 Å². The van der Waals surface area contributed by atoms with Gasteiger partial charge in [0.05, 0.1) is 34.1 Å². The van der Waals surface area contributed by atoms with E-state index in [2.05, 4.69) is 5.32 Å². The van der Waals surface area contributed by atoms with Crippen LogP contribution in [0.15, 0.2) is 36.4 Å². The van der Waals surface area contributed by atoms with Gasteiger partial charge in [0.15, 0.2) is 0 Å². The minimum atomic E-state index is 0.586. The Morgan fingerprint density at radius 1 is 0.727 bits per heavy atom. The van der Waals surface area contributed by atoms with E-state index in [1.807, 2.05) is 36.4 Å². The Morgan fingerprint density at radius 2 is 1.36 bits per heavy atom. The topological polar surface area (TPSA) is 49.0 Å². The highest BCUT2D eigenvalue weighted by atomic mass is 16.5. The lowest BCUT2D eigenvalue weighted by Gasteiger charge is -2.15. The van der Waals surface area contributed by atoms with Gasteiger partial charge in [-0.25, -0.2) is 0 Å². The zero-order valence-corrected chi connectivity index (χ0v) is 13.3. The first kappa shape index (κ1) is 15.8. The predicted octanol–water partition coefficient (Wildman–Crippen LogP) is 3.33. The zero-order chi connectivity index (χ0) is 15.9. The second kappa shape index (κ2) is 7.45. The molecule has 0 aromatic heterocycles. The van der Waals surface area contributed by atoms with Crippen molar-refractivity contribution in [3.63, 3.8) is 0 Å². The molecular formula is C17H21NO4. The summed E-state index contributed by atoms with van der Waals surface area (Å²) >= 11 is 0. The number of anilines is 1. The van der Waals surface area contributed by atoms with Gasteiger partial charge in [-0.15, -0.1) is 0 Å². The van der Waals surface area contributed by atoms with E-state index in [1.165, 1.54) is 0 Å². The van der Waals surface area contributed by atoms with Crippen molar-refractivity contribution >= 4 is 5.69 Å². The molecule has 0 aliphatic carbocycles. The molecule has 0 fully saturated rings. The molecule has 0 saturated carbocycles. The molecule has 0 bridgehead atoms. The van der Waals surface area contributed by atoms with Gasteiger partial charge in [0.25, 0.3) is 0 Å². The lowest BCUT2D eigenvalue weighted by Crippen LogP contribution is -2.04. The van der Waals surface area contributed by atoms with E-state index >= 15 is 0 Å². The summed E-state index contributed by atoms with van der Waals surface area (Å²) in [6.07, 6.45) is 0. The standard InChI is InChI=1S/C17H21NO4/c1-19-13-6-8-16(21-3)12(9-13)11-18-15-7-5-14(20-2)10-17(15)22-4/h5-10,18H,11H2,1-4H3. The monoisotopic (exact) mass is 303 g/mol. The number of rotatable bonds is 7. The van der Waals surface area contributed by atoms with Crippen LogP contribution in [0.4, 0.5) is 5.69 Å². The summed E-state index contributed by atoms with van der Waals surface area (Å²) in [6, 6.07) is 11.3. The summed E-state index contributed by atoms with van der Waals surface area (Å²) < 4.78 is 21.2. The van der Waals surface area contributed by atoms with Gasteiger partial charge in [0.1, 0.15) is 23.0 Å². The molecule has 22 heavy (non-hydrogen) atoms. The third kappa shape index (κ3) is 3.55. The second-order valence-corrected chi connectivity index (χ2v) is 4.60. The van der Waals surface area contributed by atoms with Gasteiger partial charge in [-0.05, 0) is 30.3 Å². The van der Waals surface area contributed by atoms with Crippen LogP contribution in [-0.2, 0) is 6.54 Å². The Labute approximate surface area is 130 Å². The molecule has 0 aliphatic heterocycles. The molecule has 0 amide bonds. The van der Waals surface area contributed by atoms with Gasteiger partial charge in [0, 0.05) is 18.2 Å². The molecule has 5 heteroatoms. The number of ether oxygens (including phenoxy) is 4. The van der Waals surface area contributed by atoms with Crippen LogP contribution < -0.4 is 24.3 Å². The van der Waals surface area contributed by atoms with Crippen LogP contribution in [0.2, 0.25) is 0 Å². The van der Waals surface area contributed by atoms with Gasteiger partial charge in [0.2, 0.25) is 0 Å². The van der Waals surface area contributed by atoms with E-state index in [-0.39, 0.29) is 0 Å². The minimum absolute atomic E-state index is 0.586. The molecule has 0 radical (unpaired) electrons. The highest BCUT2D eigenvalue weighted by Crippen LogP contribution is 2.31. The number of hydrogen-bond donors (Lipinski definition) is 1. The Hall–Kier alpha value is -2.56.